The molecule has 0 saturated heterocycles. The summed E-state index contributed by atoms with van der Waals surface area (Å²) in [5, 5.41) is 0. The van der Waals surface area contributed by atoms with Gasteiger partial charge in [0.2, 0.25) is 0 Å². The first kappa shape index (κ1) is 62.8. The van der Waals surface area contributed by atoms with Crippen LogP contribution < -0.4 is 0 Å². The van der Waals surface area contributed by atoms with E-state index in [9.17, 15) is 14.4 Å². The van der Waals surface area contributed by atoms with Crippen LogP contribution in [0.5, 0.6) is 0 Å². The van der Waals surface area contributed by atoms with Crippen LogP contribution >= 0.6 is 0 Å². The van der Waals surface area contributed by atoms with Crippen molar-refractivity contribution in [1.82, 2.24) is 0 Å². The molecule has 6 heteroatoms. The van der Waals surface area contributed by atoms with Crippen LogP contribution in [-0.2, 0) is 28.6 Å². The van der Waals surface area contributed by atoms with Gasteiger partial charge < -0.3 is 14.2 Å². The molecule has 0 saturated carbocycles. The van der Waals surface area contributed by atoms with Crippen LogP contribution in [0.15, 0.2) is 72.9 Å². The summed E-state index contributed by atoms with van der Waals surface area (Å²) in [5.74, 6) is -0.890. The van der Waals surface area contributed by atoms with Gasteiger partial charge in [-0.15, -0.1) is 0 Å². The first-order chi connectivity index (χ1) is 32.5. The lowest BCUT2D eigenvalue weighted by Gasteiger charge is -2.18. The molecule has 0 aromatic rings. The van der Waals surface area contributed by atoms with E-state index in [2.05, 4.69) is 93.7 Å². The number of allylic oxidation sites excluding steroid dienone is 12. The predicted molar refractivity (Wildman–Crippen MR) is 284 cm³/mol. The minimum absolute atomic E-state index is 0.0760. The summed E-state index contributed by atoms with van der Waals surface area (Å²) in [4.78, 5) is 37.7. The van der Waals surface area contributed by atoms with Gasteiger partial charge in [0, 0.05) is 19.3 Å². The summed E-state index contributed by atoms with van der Waals surface area (Å²) in [6, 6.07) is 0. The second-order valence-corrected chi connectivity index (χ2v) is 18.5. The molecule has 0 radical (unpaired) electrons. The lowest BCUT2D eigenvalue weighted by molar-refractivity contribution is -0.167. The van der Waals surface area contributed by atoms with Gasteiger partial charge in [-0.1, -0.05) is 241 Å². The molecule has 1 unspecified atom stereocenters. The van der Waals surface area contributed by atoms with E-state index in [1.807, 2.05) is 0 Å². The molecule has 0 bridgehead atoms. The Balaban J connectivity index is 3.98. The van der Waals surface area contributed by atoms with Crippen LogP contribution in [0.1, 0.15) is 271 Å². The Morgan fingerprint density at radius 2 is 0.621 bits per heavy atom. The zero-order valence-electron chi connectivity index (χ0n) is 43.4. The second kappa shape index (κ2) is 54.5. The summed E-state index contributed by atoms with van der Waals surface area (Å²) in [7, 11) is 0. The largest absolute Gasteiger partial charge is 0.462 e. The maximum absolute atomic E-state index is 12.7. The SMILES string of the molecule is CC/C=C\C/C=C\C/C=C\C/C=C\C/C=C\CCCCCCCCCCCCCCCCCC(=O)OCC(COC(=O)CCCCCCCCC)OC(=O)CCCCCCC/C=C\CCC. The van der Waals surface area contributed by atoms with Gasteiger partial charge in [0.05, 0.1) is 0 Å². The molecular formula is C60H104O6. The van der Waals surface area contributed by atoms with Crippen molar-refractivity contribution in [2.75, 3.05) is 13.2 Å². The summed E-state index contributed by atoms with van der Waals surface area (Å²) in [6.07, 6.45) is 69.4. The molecule has 0 aromatic heterocycles. The fourth-order valence-electron chi connectivity index (χ4n) is 7.77. The van der Waals surface area contributed by atoms with Crippen molar-refractivity contribution >= 4 is 17.9 Å². The first-order valence-electron chi connectivity index (χ1n) is 27.9. The van der Waals surface area contributed by atoms with Gasteiger partial charge in [-0.05, 0) is 83.5 Å². The van der Waals surface area contributed by atoms with Crippen molar-refractivity contribution in [3.8, 4) is 0 Å². The third-order valence-electron chi connectivity index (χ3n) is 11.9. The molecule has 0 rings (SSSR count). The monoisotopic (exact) mass is 921 g/mol. The highest BCUT2D eigenvalue weighted by atomic mass is 16.6. The number of ether oxygens (including phenoxy) is 3. The molecule has 66 heavy (non-hydrogen) atoms. The lowest BCUT2D eigenvalue weighted by atomic mass is 10.0. The Kier molecular flexibility index (Phi) is 51.9. The Bertz CT molecular complexity index is 1240. The van der Waals surface area contributed by atoms with Crippen molar-refractivity contribution in [3.63, 3.8) is 0 Å². The standard InChI is InChI=1S/C60H104O6/c1-4-7-10-13-16-18-20-21-22-23-24-25-26-27-28-29-30-31-32-33-34-35-36-37-38-39-40-42-44-47-50-53-59(62)65-56-57(55-64-58(61)52-49-46-43-15-12-9-6-3)66-60(63)54-51-48-45-41-19-17-14-11-8-5-2/h7,10-11,14,16,18,21-22,24-25,27-28,57H,4-6,8-9,12-13,15,17,19-20,23,26,29-56H2,1-3H3/b10-7-,14-11-,18-16-,22-21-,25-24-,28-27-. The summed E-state index contributed by atoms with van der Waals surface area (Å²) in [5.41, 5.74) is 0. The summed E-state index contributed by atoms with van der Waals surface area (Å²) >= 11 is 0. The molecule has 0 N–H and O–H groups in total. The Labute approximate surface area is 408 Å². The molecule has 0 heterocycles. The highest BCUT2D eigenvalue weighted by molar-refractivity contribution is 5.71. The zero-order valence-corrected chi connectivity index (χ0v) is 43.4. The van der Waals surface area contributed by atoms with E-state index >= 15 is 0 Å². The number of carbonyl (C=O) groups excluding carboxylic acids is 3. The maximum atomic E-state index is 12.7. The maximum Gasteiger partial charge on any atom is 0.306 e. The molecule has 0 aliphatic carbocycles. The van der Waals surface area contributed by atoms with Gasteiger partial charge in [-0.3, -0.25) is 14.4 Å². The van der Waals surface area contributed by atoms with E-state index in [1.54, 1.807) is 0 Å². The normalized spacial score (nSPS) is 12.6. The topological polar surface area (TPSA) is 78.9 Å². The van der Waals surface area contributed by atoms with Gasteiger partial charge in [0.25, 0.3) is 0 Å². The van der Waals surface area contributed by atoms with Crippen LogP contribution in [0.25, 0.3) is 0 Å². The molecule has 1 atom stereocenters. The van der Waals surface area contributed by atoms with E-state index in [0.29, 0.717) is 19.3 Å². The van der Waals surface area contributed by atoms with Crippen molar-refractivity contribution in [3.05, 3.63) is 72.9 Å². The van der Waals surface area contributed by atoms with Gasteiger partial charge >= 0.3 is 17.9 Å². The number of esters is 3. The van der Waals surface area contributed by atoms with Gasteiger partial charge in [-0.2, -0.15) is 0 Å². The highest BCUT2D eigenvalue weighted by Crippen LogP contribution is 2.16. The van der Waals surface area contributed by atoms with E-state index in [1.165, 1.54) is 122 Å². The summed E-state index contributed by atoms with van der Waals surface area (Å²) < 4.78 is 16.7. The van der Waals surface area contributed by atoms with Crippen molar-refractivity contribution in [2.24, 2.45) is 0 Å². The lowest BCUT2D eigenvalue weighted by Crippen LogP contribution is -2.30. The number of rotatable bonds is 50. The number of hydrogen-bond donors (Lipinski definition) is 0. The third kappa shape index (κ3) is 51.8. The molecule has 0 fully saturated rings. The van der Waals surface area contributed by atoms with Crippen LogP contribution in [0, 0.1) is 0 Å². The molecular weight excluding hydrogens is 817 g/mol. The van der Waals surface area contributed by atoms with Crippen LogP contribution in [-0.4, -0.2) is 37.2 Å². The molecule has 0 aliphatic heterocycles. The Morgan fingerprint density at radius 3 is 1.00 bits per heavy atom. The average Bonchev–Trinajstić information content (AvgIpc) is 3.31. The van der Waals surface area contributed by atoms with Crippen LogP contribution in [0.2, 0.25) is 0 Å². The number of hydrogen-bond acceptors (Lipinski definition) is 6. The predicted octanol–water partition coefficient (Wildman–Crippen LogP) is 18.6. The minimum Gasteiger partial charge on any atom is -0.462 e. The molecule has 380 valence electrons. The second-order valence-electron chi connectivity index (χ2n) is 18.5. The average molecular weight is 921 g/mol. The van der Waals surface area contributed by atoms with Crippen molar-refractivity contribution < 1.29 is 28.6 Å². The van der Waals surface area contributed by atoms with Crippen molar-refractivity contribution in [1.29, 1.82) is 0 Å². The zero-order chi connectivity index (χ0) is 47.9. The van der Waals surface area contributed by atoms with E-state index in [0.717, 1.165) is 109 Å². The fourth-order valence-corrected chi connectivity index (χ4v) is 7.77. The Morgan fingerprint density at radius 1 is 0.318 bits per heavy atom. The smallest absolute Gasteiger partial charge is 0.306 e. The van der Waals surface area contributed by atoms with Crippen LogP contribution in [0.4, 0.5) is 0 Å². The van der Waals surface area contributed by atoms with Gasteiger partial charge in [0.15, 0.2) is 6.10 Å². The Hall–Kier alpha value is -3.15. The van der Waals surface area contributed by atoms with Gasteiger partial charge in [0.1, 0.15) is 13.2 Å². The fraction of sp³-hybridized carbons (Fsp3) is 0.750. The quantitative estimate of drug-likeness (QED) is 0.0262. The molecule has 0 aromatic carbocycles. The molecule has 0 amide bonds. The highest BCUT2D eigenvalue weighted by Gasteiger charge is 2.19. The first-order valence-corrected chi connectivity index (χ1v) is 27.9. The van der Waals surface area contributed by atoms with Gasteiger partial charge in [-0.25, -0.2) is 0 Å². The number of unbranched alkanes of at least 4 members (excludes halogenated alkanes) is 27. The third-order valence-corrected chi connectivity index (χ3v) is 11.9. The molecule has 0 spiro atoms. The number of carbonyl (C=O) groups is 3. The van der Waals surface area contributed by atoms with Crippen LogP contribution in [0.3, 0.4) is 0 Å². The van der Waals surface area contributed by atoms with E-state index in [4.69, 9.17) is 14.2 Å². The molecule has 0 aliphatic rings. The molecule has 6 nitrogen and oxygen atoms in total. The summed E-state index contributed by atoms with van der Waals surface area (Å²) in [6.45, 7) is 6.42. The minimum atomic E-state index is -0.773. The van der Waals surface area contributed by atoms with Crippen molar-refractivity contribution in [2.45, 2.75) is 277 Å². The van der Waals surface area contributed by atoms with E-state index < -0.39 is 6.10 Å². The van der Waals surface area contributed by atoms with E-state index in [-0.39, 0.29) is 31.1 Å².